The topological polar surface area (TPSA) is 55.6 Å². The summed E-state index contributed by atoms with van der Waals surface area (Å²) >= 11 is 0. The number of terminal acetylenes is 1. The van der Waals surface area contributed by atoms with E-state index in [1.54, 1.807) is 11.0 Å². The first-order valence-corrected chi connectivity index (χ1v) is 10.7. The molecular weight excluding hydrogens is 396 g/mol. The van der Waals surface area contributed by atoms with Crippen molar-refractivity contribution in [1.29, 1.82) is 0 Å². The lowest BCUT2D eigenvalue weighted by molar-refractivity contribution is 0.253. The number of benzene rings is 3. The molecule has 1 saturated carbocycles. The summed E-state index contributed by atoms with van der Waals surface area (Å²) in [6.07, 6.45) is 7.86. The van der Waals surface area contributed by atoms with Crippen LogP contribution >= 0.6 is 0 Å². The fourth-order valence-corrected chi connectivity index (χ4v) is 3.78. The normalized spacial score (nSPS) is 12.6. The minimum Gasteiger partial charge on any atom is -0.481 e. The van der Waals surface area contributed by atoms with Crippen LogP contribution in [0.2, 0.25) is 0 Å². The van der Waals surface area contributed by atoms with E-state index in [0.717, 1.165) is 22.3 Å². The molecule has 0 unspecified atom stereocenters. The van der Waals surface area contributed by atoms with Crippen molar-refractivity contribution in [3.8, 4) is 18.1 Å². The Morgan fingerprint density at radius 1 is 1.09 bits per heavy atom. The Kier molecular flexibility index (Phi) is 6.28. The monoisotopic (exact) mass is 422 g/mol. The van der Waals surface area contributed by atoms with Gasteiger partial charge in [0.05, 0.1) is 12.2 Å². The maximum atomic E-state index is 12.5. The predicted molar refractivity (Wildman–Crippen MR) is 130 cm³/mol. The Bertz CT molecular complexity index is 1160. The van der Waals surface area contributed by atoms with Crippen molar-refractivity contribution in [3.63, 3.8) is 0 Å². The van der Waals surface area contributed by atoms with Gasteiger partial charge >= 0.3 is 6.03 Å². The summed E-state index contributed by atoms with van der Waals surface area (Å²) in [7, 11) is 0. The lowest BCUT2D eigenvalue weighted by atomic mass is 9.95. The molecule has 0 bridgehead atoms. The quantitative estimate of drug-likeness (QED) is 0.472. The number of ether oxygens (including phenoxy) is 1. The van der Waals surface area contributed by atoms with Crippen LogP contribution in [0, 0.1) is 12.3 Å². The van der Waals surface area contributed by atoms with Gasteiger partial charge in [0.25, 0.3) is 0 Å². The third-order valence-corrected chi connectivity index (χ3v) is 5.66. The van der Waals surface area contributed by atoms with Gasteiger partial charge in [-0.2, -0.15) is 0 Å². The Morgan fingerprint density at radius 3 is 2.44 bits per heavy atom. The number of carbonyl (C=O) groups is 1. The van der Waals surface area contributed by atoms with Crippen molar-refractivity contribution in [2.45, 2.75) is 25.3 Å². The van der Waals surface area contributed by atoms with Crippen molar-refractivity contribution in [1.82, 2.24) is 0 Å². The Morgan fingerprint density at radius 2 is 1.81 bits per heavy atom. The molecule has 0 atom stereocenters. The average molecular weight is 423 g/mol. The zero-order valence-electron chi connectivity index (χ0n) is 18.0. The fraction of sp³-hybridized carbons (Fsp3) is 0.179. The van der Waals surface area contributed by atoms with Crippen LogP contribution in [-0.2, 0) is 6.54 Å². The summed E-state index contributed by atoms with van der Waals surface area (Å²) in [6.45, 7) is 4.85. The van der Waals surface area contributed by atoms with Gasteiger partial charge in [0.15, 0.2) is 0 Å². The minimum absolute atomic E-state index is 0.158. The molecule has 32 heavy (non-hydrogen) atoms. The van der Waals surface area contributed by atoms with Crippen molar-refractivity contribution < 1.29 is 9.53 Å². The van der Waals surface area contributed by atoms with Crippen molar-refractivity contribution >= 4 is 17.3 Å². The lowest BCUT2D eigenvalue weighted by Gasteiger charge is -2.25. The summed E-state index contributed by atoms with van der Waals surface area (Å²) in [5, 5.41) is 0. The smallest absolute Gasteiger partial charge is 0.319 e. The second-order valence-electron chi connectivity index (χ2n) is 7.96. The maximum Gasteiger partial charge on any atom is 0.319 e. The van der Waals surface area contributed by atoms with Crippen LogP contribution in [0.15, 0.2) is 79.4 Å². The molecule has 4 heteroatoms. The highest BCUT2D eigenvalue weighted by atomic mass is 16.5. The van der Waals surface area contributed by atoms with Gasteiger partial charge in [-0.3, -0.25) is 4.90 Å². The second kappa shape index (κ2) is 9.45. The highest BCUT2D eigenvalue weighted by Crippen LogP contribution is 2.41. The van der Waals surface area contributed by atoms with E-state index < -0.39 is 6.03 Å². The number of anilines is 1. The van der Waals surface area contributed by atoms with Crippen molar-refractivity contribution in [2.24, 2.45) is 5.73 Å². The number of nitrogens with two attached hydrogens (primary N) is 1. The van der Waals surface area contributed by atoms with Crippen LogP contribution < -0.4 is 15.4 Å². The SMILES string of the molecule is C#CCOc1ccc(N(Cc2ccccc2)C(N)=O)c(C(=C)c2ccc(C3CC3)cc2)c1. The Balaban J connectivity index is 1.72. The highest BCUT2D eigenvalue weighted by Gasteiger charge is 2.24. The van der Waals surface area contributed by atoms with E-state index in [0.29, 0.717) is 23.9 Å². The molecule has 0 saturated heterocycles. The standard InChI is InChI=1S/C28H26N2O2/c1-3-17-32-25-15-16-27(30(28(29)31)19-21-7-5-4-6-8-21)26(18-25)20(2)22-9-11-23(12-10-22)24-13-14-24/h1,4-12,15-16,18,24H,2,13-14,17,19H2,(H2,29,31). The Hall–Kier alpha value is -3.97. The first-order valence-electron chi connectivity index (χ1n) is 10.7. The molecular formula is C28H26N2O2. The molecule has 0 heterocycles. The van der Waals surface area contributed by atoms with E-state index in [1.165, 1.54) is 18.4 Å². The number of urea groups is 1. The molecule has 3 aromatic carbocycles. The molecule has 1 fully saturated rings. The summed E-state index contributed by atoms with van der Waals surface area (Å²) in [5.74, 6) is 3.78. The fourth-order valence-electron chi connectivity index (χ4n) is 3.78. The van der Waals surface area contributed by atoms with Crippen LogP contribution in [0.25, 0.3) is 5.57 Å². The molecule has 1 aliphatic carbocycles. The van der Waals surface area contributed by atoms with Crippen LogP contribution in [0.3, 0.4) is 0 Å². The van der Waals surface area contributed by atoms with Gasteiger partial charge in [-0.15, -0.1) is 6.42 Å². The second-order valence-corrected chi connectivity index (χ2v) is 7.96. The number of nitrogens with zero attached hydrogens (tertiary/aromatic N) is 1. The summed E-state index contributed by atoms with van der Waals surface area (Å²) in [4.78, 5) is 14.0. The zero-order valence-corrected chi connectivity index (χ0v) is 18.0. The molecule has 1 aliphatic rings. The highest BCUT2D eigenvalue weighted by molar-refractivity contribution is 5.96. The van der Waals surface area contributed by atoms with Crippen LogP contribution in [0.4, 0.5) is 10.5 Å². The van der Waals surface area contributed by atoms with E-state index in [4.69, 9.17) is 16.9 Å². The lowest BCUT2D eigenvalue weighted by Crippen LogP contribution is -2.35. The largest absolute Gasteiger partial charge is 0.481 e. The maximum absolute atomic E-state index is 12.5. The van der Waals surface area contributed by atoms with Gasteiger partial charge < -0.3 is 10.5 Å². The third-order valence-electron chi connectivity index (χ3n) is 5.66. The first kappa shape index (κ1) is 21.3. The number of carbonyl (C=O) groups excluding carboxylic acids is 1. The molecule has 2 N–H and O–H groups in total. The summed E-state index contributed by atoms with van der Waals surface area (Å²) in [6, 6.07) is 23.2. The number of rotatable bonds is 8. The molecule has 0 radical (unpaired) electrons. The van der Waals surface area contributed by atoms with Crippen molar-refractivity contribution in [2.75, 3.05) is 11.5 Å². The van der Waals surface area contributed by atoms with Crippen LogP contribution in [-0.4, -0.2) is 12.6 Å². The molecule has 3 aromatic rings. The summed E-state index contributed by atoms with van der Waals surface area (Å²) in [5.41, 5.74) is 11.3. The molecule has 0 aromatic heterocycles. The van der Waals surface area contributed by atoms with Gasteiger partial charge in [0.1, 0.15) is 12.4 Å². The summed E-state index contributed by atoms with van der Waals surface area (Å²) < 4.78 is 5.64. The number of hydrogen-bond acceptors (Lipinski definition) is 2. The van der Waals surface area contributed by atoms with E-state index in [-0.39, 0.29) is 6.61 Å². The van der Waals surface area contributed by atoms with Crippen LogP contribution in [0.5, 0.6) is 5.75 Å². The molecule has 160 valence electrons. The number of hydrogen-bond donors (Lipinski definition) is 1. The van der Waals surface area contributed by atoms with Gasteiger partial charge in [0.2, 0.25) is 0 Å². The zero-order chi connectivity index (χ0) is 22.5. The molecule has 4 rings (SSSR count). The van der Waals surface area contributed by atoms with Gasteiger partial charge in [-0.05, 0) is 59.2 Å². The first-order chi connectivity index (χ1) is 15.6. The molecule has 2 amide bonds. The Labute approximate surface area is 189 Å². The molecule has 0 aliphatic heterocycles. The van der Waals surface area contributed by atoms with Crippen LogP contribution in [0.1, 0.15) is 41.0 Å². The van der Waals surface area contributed by atoms with Crippen molar-refractivity contribution in [3.05, 3.63) is 102 Å². The van der Waals surface area contributed by atoms with E-state index in [9.17, 15) is 4.79 Å². The third kappa shape index (κ3) is 4.84. The van der Waals surface area contributed by atoms with E-state index in [1.807, 2.05) is 42.5 Å². The predicted octanol–water partition coefficient (Wildman–Crippen LogP) is 5.72. The van der Waals surface area contributed by atoms with E-state index >= 15 is 0 Å². The van der Waals surface area contributed by atoms with Gasteiger partial charge in [-0.1, -0.05) is 67.1 Å². The molecule has 4 nitrogen and oxygen atoms in total. The van der Waals surface area contributed by atoms with Gasteiger partial charge in [0, 0.05) is 5.56 Å². The number of amides is 2. The van der Waals surface area contributed by atoms with E-state index in [2.05, 4.69) is 36.8 Å². The minimum atomic E-state index is -0.538. The number of primary amides is 1. The molecule has 0 spiro atoms. The van der Waals surface area contributed by atoms with Gasteiger partial charge in [-0.25, -0.2) is 4.79 Å². The average Bonchev–Trinajstić information content (AvgIpc) is 3.67.